The number of carbonyl (C=O) groups is 1. The van der Waals surface area contributed by atoms with E-state index >= 15 is 0 Å². The average Bonchev–Trinajstić information content (AvgIpc) is 2.74. The minimum Gasteiger partial charge on any atom is -0.369 e. The highest BCUT2D eigenvalue weighted by Crippen LogP contribution is 2.24. The first-order chi connectivity index (χ1) is 13.6. The Bertz CT molecular complexity index is 832. The molecule has 0 saturated carbocycles. The van der Waals surface area contributed by atoms with Crippen LogP contribution in [0.5, 0.6) is 0 Å². The Morgan fingerprint density at radius 1 is 1.00 bits per heavy atom. The highest BCUT2D eigenvalue weighted by Gasteiger charge is 2.30. The van der Waals surface area contributed by atoms with Crippen molar-refractivity contribution in [3.8, 4) is 0 Å². The van der Waals surface area contributed by atoms with Crippen LogP contribution in [0, 0.1) is 12.7 Å². The number of rotatable bonds is 3. The Morgan fingerprint density at radius 3 is 2.54 bits per heavy atom. The molecule has 0 aromatic heterocycles. The molecule has 2 fully saturated rings. The number of anilines is 1. The number of hydrogen-bond donors (Lipinski definition) is 0. The van der Waals surface area contributed by atoms with Crippen molar-refractivity contribution in [2.45, 2.75) is 25.8 Å². The van der Waals surface area contributed by atoms with Gasteiger partial charge < -0.3 is 9.80 Å². The quantitative estimate of drug-likeness (QED) is 0.813. The largest absolute Gasteiger partial charge is 0.369 e. The predicted octanol–water partition coefficient (Wildman–Crippen LogP) is 3.56. The standard InChI is InChI=1S/C23H28FN3O/c1-18-6-2-3-10-22(18)26-14-12-25(13-15-26)21-9-5-11-27(17-21)23(28)19-7-4-8-20(24)16-19/h2-4,6-8,10,16,21H,5,9,11-15,17H2,1H3. The molecule has 2 aromatic rings. The zero-order chi connectivity index (χ0) is 19.5. The van der Waals surface area contributed by atoms with Crippen molar-refractivity contribution in [2.24, 2.45) is 0 Å². The van der Waals surface area contributed by atoms with Gasteiger partial charge in [0.2, 0.25) is 0 Å². The Morgan fingerprint density at radius 2 is 1.79 bits per heavy atom. The molecule has 2 aliphatic rings. The fourth-order valence-corrected chi connectivity index (χ4v) is 4.49. The second kappa shape index (κ2) is 8.31. The maximum absolute atomic E-state index is 13.5. The molecule has 2 aliphatic heterocycles. The van der Waals surface area contributed by atoms with E-state index in [1.165, 1.54) is 23.4 Å². The highest BCUT2D eigenvalue weighted by atomic mass is 19.1. The van der Waals surface area contributed by atoms with E-state index in [0.29, 0.717) is 11.6 Å². The molecule has 0 bridgehead atoms. The van der Waals surface area contributed by atoms with Crippen LogP contribution in [0.2, 0.25) is 0 Å². The van der Waals surface area contributed by atoms with E-state index in [-0.39, 0.29) is 11.7 Å². The number of benzene rings is 2. The number of aryl methyl sites for hydroxylation is 1. The molecule has 5 heteroatoms. The third-order valence-electron chi connectivity index (χ3n) is 6.04. The summed E-state index contributed by atoms with van der Waals surface area (Å²) in [6.45, 7) is 7.72. The molecule has 4 rings (SSSR count). The third-order valence-corrected chi connectivity index (χ3v) is 6.04. The summed E-state index contributed by atoms with van der Waals surface area (Å²) in [6, 6.07) is 15.0. The first-order valence-electron chi connectivity index (χ1n) is 10.2. The van der Waals surface area contributed by atoms with Gasteiger partial charge in [0.1, 0.15) is 5.82 Å². The Balaban J connectivity index is 1.37. The summed E-state index contributed by atoms with van der Waals surface area (Å²) in [7, 11) is 0. The summed E-state index contributed by atoms with van der Waals surface area (Å²) in [6.07, 6.45) is 2.13. The molecule has 4 nitrogen and oxygen atoms in total. The van der Waals surface area contributed by atoms with Crippen molar-refractivity contribution in [3.63, 3.8) is 0 Å². The van der Waals surface area contributed by atoms with E-state index in [9.17, 15) is 9.18 Å². The summed E-state index contributed by atoms with van der Waals surface area (Å²) in [4.78, 5) is 19.7. The van der Waals surface area contributed by atoms with Gasteiger partial charge in [-0.05, 0) is 49.6 Å². The lowest BCUT2D eigenvalue weighted by molar-refractivity contribution is 0.0563. The van der Waals surface area contributed by atoms with Crippen LogP contribution in [0.25, 0.3) is 0 Å². The molecule has 1 unspecified atom stereocenters. The number of hydrogen-bond acceptors (Lipinski definition) is 3. The number of carbonyl (C=O) groups excluding carboxylic acids is 1. The van der Waals surface area contributed by atoms with E-state index < -0.39 is 0 Å². The first-order valence-corrected chi connectivity index (χ1v) is 10.2. The average molecular weight is 381 g/mol. The van der Waals surface area contributed by atoms with E-state index in [1.807, 2.05) is 4.90 Å². The Kier molecular flexibility index (Phi) is 5.62. The minimum atomic E-state index is -0.355. The van der Waals surface area contributed by atoms with Crippen molar-refractivity contribution in [2.75, 3.05) is 44.2 Å². The van der Waals surface area contributed by atoms with E-state index in [4.69, 9.17) is 0 Å². The number of piperazine rings is 1. The lowest BCUT2D eigenvalue weighted by atomic mass is 10.0. The summed E-state index contributed by atoms with van der Waals surface area (Å²) < 4.78 is 13.5. The monoisotopic (exact) mass is 381 g/mol. The van der Waals surface area contributed by atoms with Crippen molar-refractivity contribution >= 4 is 11.6 Å². The zero-order valence-corrected chi connectivity index (χ0v) is 16.5. The number of amides is 1. The number of piperidine rings is 1. The van der Waals surface area contributed by atoms with E-state index in [1.54, 1.807) is 12.1 Å². The molecular weight excluding hydrogens is 353 g/mol. The summed E-state index contributed by atoms with van der Waals surface area (Å²) in [5, 5.41) is 0. The van der Waals surface area contributed by atoms with Gasteiger partial charge in [0.05, 0.1) is 0 Å². The van der Waals surface area contributed by atoms with Crippen LogP contribution in [-0.2, 0) is 0 Å². The molecule has 1 atom stereocenters. The van der Waals surface area contributed by atoms with Crippen molar-refractivity contribution < 1.29 is 9.18 Å². The lowest BCUT2D eigenvalue weighted by Gasteiger charge is -2.44. The minimum absolute atomic E-state index is 0.0530. The molecule has 2 saturated heterocycles. The molecule has 2 heterocycles. The molecule has 0 aliphatic carbocycles. The molecule has 0 N–H and O–H groups in total. The third kappa shape index (κ3) is 4.04. The Hall–Kier alpha value is -2.40. The van der Waals surface area contributed by atoms with Crippen molar-refractivity contribution in [1.82, 2.24) is 9.80 Å². The van der Waals surface area contributed by atoms with Gasteiger partial charge in [-0.15, -0.1) is 0 Å². The van der Waals surface area contributed by atoms with Crippen molar-refractivity contribution in [3.05, 3.63) is 65.5 Å². The smallest absolute Gasteiger partial charge is 0.254 e. The van der Waals surface area contributed by atoms with Crippen LogP contribution in [0.1, 0.15) is 28.8 Å². The first kappa shape index (κ1) is 18.9. The lowest BCUT2D eigenvalue weighted by Crippen LogP contribution is -2.56. The van der Waals surface area contributed by atoms with Crippen LogP contribution < -0.4 is 4.90 Å². The molecule has 28 heavy (non-hydrogen) atoms. The summed E-state index contributed by atoms with van der Waals surface area (Å²) in [5.74, 6) is -0.408. The molecule has 148 valence electrons. The number of likely N-dealkylation sites (tertiary alicyclic amines) is 1. The fraction of sp³-hybridized carbons (Fsp3) is 0.435. The maximum atomic E-state index is 13.5. The molecule has 0 spiro atoms. The van der Waals surface area contributed by atoms with Crippen LogP contribution >= 0.6 is 0 Å². The van der Waals surface area contributed by atoms with Gasteiger partial charge in [0, 0.05) is 56.6 Å². The molecule has 1 amide bonds. The van der Waals surface area contributed by atoms with Gasteiger partial charge >= 0.3 is 0 Å². The molecule has 2 aromatic carbocycles. The van der Waals surface area contributed by atoms with Gasteiger partial charge in [-0.25, -0.2) is 4.39 Å². The van der Waals surface area contributed by atoms with Gasteiger partial charge in [0.15, 0.2) is 0 Å². The maximum Gasteiger partial charge on any atom is 0.254 e. The number of para-hydroxylation sites is 1. The highest BCUT2D eigenvalue weighted by molar-refractivity contribution is 5.94. The van der Waals surface area contributed by atoms with Gasteiger partial charge in [-0.1, -0.05) is 24.3 Å². The fourth-order valence-electron chi connectivity index (χ4n) is 4.49. The van der Waals surface area contributed by atoms with Crippen LogP contribution in [0.15, 0.2) is 48.5 Å². The van der Waals surface area contributed by atoms with Gasteiger partial charge in [0.25, 0.3) is 5.91 Å². The SMILES string of the molecule is Cc1ccccc1N1CCN(C2CCCN(C(=O)c3cccc(F)c3)C2)CC1. The Labute approximate surface area is 166 Å². The van der Waals surface area contributed by atoms with E-state index in [0.717, 1.165) is 52.1 Å². The van der Waals surface area contributed by atoms with Crippen LogP contribution in [0.3, 0.4) is 0 Å². The zero-order valence-electron chi connectivity index (χ0n) is 16.5. The normalized spacial score (nSPS) is 21.0. The van der Waals surface area contributed by atoms with Gasteiger partial charge in [-0.3, -0.25) is 9.69 Å². The van der Waals surface area contributed by atoms with E-state index in [2.05, 4.69) is 41.0 Å². The van der Waals surface area contributed by atoms with Crippen molar-refractivity contribution in [1.29, 1.82) is 0 Å². The topological polar surface area (TPSA) is 26.8 Å². The number of nitrogens with zero attached hydrogens (tertiary/aromatic N) is 3. The second-order valence-corrected chi connectivity index (χ2v) is 7.87. The summed E-state index contributed by atoms with van der Waals surface area (Å²) >= 11 is 0. The second-order valence-electron chi connectivity index (χ2n) is 7.87. The molecule has 0 radical (unpaired) electrons. The van der Waals surface area contributed by atoms with Gasteiger partial charge in [-0.2, -0.15) is 0 Å². The van der Waals surface area contributed by atoms with Crippen LogP contribution in [-0.4, -0.2) is 61.0 Å². The predicted molar refractivity (Wildman–Crippen MR) is 110 cm³/mol. The molecular formula is C23H28FN3O. The summed E-state index contributed by atoms with van der Waals surface area (Å²) in [5.41, 5.74) is 3.10. The number of halogens is 1. The van der Waals surface area contributed by atoms with Crippen LogP contribution in [0.4, 0.5) is 10.1 Å².